The predicted octanol–water partition coefficient (Wildman–Crippen LogP) is 2.84. The maximum Gasteiger partial charge on any atom is 0.344 e. The SMILES string of the molecule is CCOC(=O)c1c(-c2ccc[nH]2)[nH]c2c(F)cccc2c1=O. The quantitative estimate of drug-likeness (QED) is 0.730. The Hall–Kier alpha value is -2.89. The van der Waals surface area contributed by atoms with E-state index in [0.717, 1.165) is 0 Å². The number of pyridine rings is 1. The van der Waals surface area contributed by atoms with Crippen LogP contribution in [-0.4, -0.2) is 22.5 Å². The molecule has 5 nitrogen and oxygen atoms in total. The molecular formula is C16H13FN2O3. The minimum atomic E-state index is -0.737. The number of esters is 1. The van der Waals surface area contributed by atoms with E-state index in [1.165, 1.54) is 18.2 Å². The van der Waals surface area contributed by atoms with Gasteiger partial charge >= 0.3 is 5.97 Å². The van der Waals surface area contributed by atoms with Crippen molar-refractivity contribution in [3.05, 3.63) is 58.1 Å². The van der Waals surface area contributed by atoms with Crippen LogP contribution in [0.25, 0.3) is 22.3 Å². The Morgan fingerprint density at radius 1 is 1.27 bits per heavy atom. The summed E-state index contributed by atoms with van der Waals surface area (Å²) in [7, 11) is 0. The molecule has 2 aromatic heterocycles. The van der Waals surface area contributed by atoms with Crippen molar-refractivity contribution in [3.8, 4) is 11.4 Å². The summed E-state index contributed by atoms with van der Waals surface area (Å²) in [6, 6.07) is 7.55. The van der Waals surface area contributed by atoms with Gasteiger partial charge in [0.15, 0.2) is 0 Å². The number of ether oxygens (including phenoxy) is 1. The van der Waals surface area contributed by atoms with Gasteiger partial charge in [-0.2, -0.15) is 0 Å². The topological polar surface area (TPSA) is 75.0 Å². The third-order valence-corrected chi connectivity index (χ3v) is 3.33. The Balaban J connectivity index is 2.40. The second kappa shape index (κ2) is 5.48. The van der Waals surface area contributed by atoms with Gasteiger partial charge in [-0.1, -0.05) is 6.07 Å². The van der Waals surface area contributed by atoms with Gasteiger partial charge in [-0.15, -0.1) is 0 Å². The van der Waals surface area contributed by atoms with Gasteiger partial charge in [0.05, 0.1) is 23.5 Å². The smallest absolute Gasteiger partial charge is 0.344 e. The van der Waals surface area contributed by atoms with Gasteiger partial charge in [0, 0.05) is 11.6 Å². The zero-order valence-electron chi connectivity index (χ0n) is 11.8. The monoisotopic (exact) mass is 300 g/mol. The Labute approximate surface area is 124 Å². The number of carbonyl (C=O) groups excluding carboxylic acids is 1. The number of hydrogen-bond donors (Lipinski definition) is 2. The zero-order valence-corrected chi connectivity index (χ0v) is 11.8. The van der Waals surface area contributed by atoms with E-state index in [9.17, 15) is 14.0 Å². The highest BCUT2D eigenvalue weighted by atomic mass is 19.1. The number of aromatic nitrogens is 2. The van der Waals surface area contributed by atoms with Crippen LogP contribution in [0.15, 0.2) is 41.3 Å². The number of halogens is 1. The molecule has 3 aromatic rings. The van der Waals surface area contributed by atoms with Gasteiger partial charge in [-0.25, -0.2) is 9.18 Å². The molecule has 2 heterocycles. The van der Waals surface area contributed by atoms with E-state index in [0.29, 0.717) is 5.69 Å². The van der Waals surface area contributed by atoms with Crippen LogP contribution < -0.4 is 5.43 Å². The molecule has 0 aliphatic carbocycles. The summed E-state index contributed by atoms with van der Waals surface area (Å²) >= 11 is 0. The fraction of sp³-hybridized carbons (Fsp3) is 0.125. The molecule has 0 aliphatic heterocycles. The first-order valence-electron chi connectivity index (χ1n) is 6.79. The number of hydrogen-bond acceptors (Lipinski definition) is 3. The zero-order chi connectivity index (χ0) is 15.7. The van der Waals surface area contributed by atoms with E-state index in [4.69, 9.17) is 4.74 Å². The maximum absolute atomic E-state index is 14.0. The van der Waals surface area contributed by atoms with Crippen molar-refractivity contribution >= 4 is 16.9 Å². The molecule has 1 aromatic carbocycles. The average molecular weight is 300 g/mol. The van der Waals surface area contributed by atoms with Crippen LogP contribution >= 0.6 is 0 Å². The van der Waals surface area contributed by atoms with Crippen molar-refractivity contribution in [1.29, 1.82) is 0 Å². The first-order valence-corrected chi connectivity index (χ1v) is 6.79. The molecule has 0 bridgehead atoms. The third kappa shape index (κ3) is 2.18. The normalized spacial score (nSPS) is 10.8. The van der Waals surface area contributed by atoms with Crippen molar-refractivity contribution in [1.82, 2.24) is 9.97 Å². The molecular weight excluding hydrogens is 287 g/mol. The van der Waals surface area contributed by atoms with E-state index >= 15 is 0 Å². The van der Waals surface area contributed by atoms with Crippen LogP contribution in [0.5, 0.6) is 0 Å². The Morgan fingerprint density at radius 2 is 2.09 bits per heavy atom. The molecule has 0 saturated heterocycles. The molecule has 0 saturated carbocycles. The molecule has 0 aliphatic rings. The second-order valence-electron chi connectivity index (χ2n) is 4.67. The summed E-state index contributed by atoms with van der Waals surface area (Å²) in [6.45, 7) is 1.80. The summed E-state index contributed by atoms with van der Waals surface area (Å²) in [6.07, 6.45) is 1.65. The Kier molecular flexibility index (Phi) is 3.50. The van der Waals surface area contributed by atoms with Crippen molar-refractivity contribution in [3.63, 3.8) is 0 Å². The average Bonchev–Trinajstić information content (AvgIpc) is 3.02. The predicted molar refractivity (Wildman–Crippen MR) is 80.3 cm³/mol. The fourth-order valence-electron chi connectivity index (χ4n) is 2.36. The van der Waals surface area contributed by atoms with E-state index in [-0.39, 0.29) is 28.8 Å². The number of rotatable bonds is 3. The Morgan fingerprint density at radius 3 is 2.77 bits per heavy atom. The van der Waals surface area contributed by atoms with Gasteiger partial charge in [-0.3, -0.25) is 4.79 Å². The van der Waals surface area contributed by atoms with Crippen molar-refractivity contribution in [2.24, 2.45) is 0 Å². The minimum absolute atomic E-state index is 0.0603. The van der Waals surface area contributed by atoms with E-state index in [1.807, 2.05) is 0 Å². The molecule has 6 heteroatoms. The number of para-hydroxylation sites is 1. The minimum Gasteiger partial charge on any atom is -0.462 e. The van der Waals surface area contributed by atoms with E-state index in [2.05, 4.69) is 9.97 Å². The molecule has 0 spiro atoms. The molecule has 0 fully saturated rings. The number of fused-ring (bicyclic) bond motifs is 1. The first kappa shape index (κ1) is 14.1. The summed E-state index contributed by atoms with van der Waals surface area (Å²) in [5, 5.41) is 0.110. The molecule has 2 N–H and O–H groups in total. The van der Waals surface area contributed by atoms with Crippen LogP contribution in [-0.2, 0) is 4.74 Å². The van der Waals surface area contributed by atoms with Crippen LogP contribution in [0, 0.1) is 5.82 Å². The van der Waals surface area contributed by atoms with Gasteiger partial charge < -0.3 is 14.7 Å². The number of aromatic amines is 2. The summed E-state index contributed by atoms with van der Waals surface area (Å²) in [4.78, 5) is 30.5. The van der Waals surface area contributed by atoms with Gasteiger partial charge in [-0.05, 0) is 31.2 Å². The number of benzene rings is 1. The largest absolute Gasteiger partial charge is 0.462 e. The van der Waals surface area contributed by atoms with Crippen LogP contribution in [0.3, 0.4) is 0 Å². The number of nitrogens with one attached hydrogen (secondary N) is 2. The third-order valence-electron chi connectivity index (χ3n) is 3.33. The van der Waals surface area contributed by atoms with E-state index in [1.54, 1.807) is 25.3 Å². The van der Waals surface area contributed by atoms with E-state index < -0.39 is 17.2 Å². The molecule has 0 radical (unpaired) electrons. The lowest BCUT2D eigenvalue weighted by molar-refractivity contribution is 0.0525. The van der Waals surface area contributed by atoms with Crippen LogP contribution in [0.1, 0.15) is 17.3 Å². The molecule has 112 valence electrons. The van der Waals surface area contributed by atoms with Crippen molar-refractivity contribution in [2.45, 2.75) is 6.92 Å². The van der Waals surface area contributed by atoms with Gasteiger partial charge in [0.2, 0.25) is 5.43 Å². The molecule has 0 atom stereocenters. The number of carbonyl (C=O) groups is 1. The first-order chi connectivity index (χ1) is 10.6. The number of H-pyrrole nitrogens is 2. The maximum atomic E-state index is 14.0. The van der Waals surface area contributed by atoms with Crippen LogP contribution in [0.4, 0.5) is 4.39 Å². The standard InChI is InChI=1S/C16H13FN2O3/c1-2-22-16(21)12-14(11-7-4-8-18-11)19-13-9(15(12)20)5-3-6-10(13)17/h3-8,18H,2H2,1H3,(H,19,20). The lowest BCUT2D eigenvalue weighted by Crippen LogP contribution is -2.21. The second-order valence-corrected chi connectivity index (χ2v) is 4.67. The van der Waals surface area contributed by atoms with Crippen LogP contribution in [0.2, 0.25) is 0 Å². The van der Waals surface area contributed by atoms with Gasteiger partial charge in [0.25, 0.3) is 0 Å². The fourth-order valence-corrected chi connectivity index (χ4v) is 2.36. The lowest BCUT2D eigenvalue weighted by Gasteiger charge is -2.10. The van der Waals surface area contributed by atoms with Gasteiger partial charge in [0.1, 0.15) is 11.4 Å². The molecule has 0 unspecified atom stereocenters. The highest BCUT2D eigenvalue weighted by Crippen LogP contribution is 2.23. The molecule has 3 rings (SSSR count). The van der Waals surface area contributed by atoms with Crippen molar-refractivity contribution < 1.29 is 13.9 Å². The summed E-state index contributed by atoms with van der Waals surface area (Å²) in [5.74, 6) is -1.29. The summed E-state index contributed by atoms with van der Waals surface area (Å²) < 4.78 is 18.9. The van der Waals surface area contributed by atoms with Crippen molar-refractivity contribution in [2.75, 3.05) is 6.61 Å². The summed E-state index contributed by atoms with van der Waals surface area (Å²) in [5.41, 5.74) is 0.0835. The highest BCUT2D eigenvalue weighted by Gasteiger charge is 2.22. The highest BCUT2D eigenvalue weighted by molar-refractivity contribution is 5.99. The molecule has 0 amide bonds. The Bertz CT molecular complexity index is 898. The lowest BCUT2D eigenvalue weighted by atomic mass is 10.1. The molecule has 22 heavy (non-hydrogen) atoms.